The zero-order chi connectivity index (χ0) is 17.5. The molecule has 0 aliphatic carbocycles. The van der Waals surface area contributed by atoms with E-state index in [9.17, 15) is 4.79 Å². The fourth-order valence-electron chi connectivity index (χ4n) is 2.35. The van der Waals surface area contributed by atoms with Gasteiger partial charge in [-0.3, -0.25) is 9.78 Å². The third-order valence-electron chi connectivity index (χ3n) is 3.67. The number of carbonyl (C=O) groups excluding carboxylic acids is 1. The van der Waals surface area contributed by atoms with E-state index in [2.05, 4.69) is 25.6 Å². The molecule has 126 valence electrons. The van der Waals surface area contributed by atoms with Gasteiger partial charge >= 0.3 is 0 Å². The minimum Gasteiger partial charge on any atom is -0.365 e. The van der Waals surface area contributed by atoms with Crippen molar-refractivity contribution in [1.29, 1.82) is 0 Å². The van der Waals surface area contributed by atoms with Gasteiger partial charge in [0.1, 0.15) is 11.6 Å². The normalized spacial score (nSPS) is 10.3. The molecule has 0 spiro atoms. The van der Waals surface area contributed by atoms with E-state index < -0.39 is 0 Å². The standard InChI is InChI=1S/C19H19N5O/c1-2-15-5-3-7-17(23-15)24-19(25)16-6-4-10-21-18(16)22-13-14-8-11-20-12-9-14/h3-12H,2,13H2,1H3,(H,21,22)(H,23,24,25). The average Bonchev–Trinajstić information content (AvgIpc) is 2.67. The summed E-state index contributed by atoms with van der Waals surface area (Å²) in [5.41, 5.74) is 2.46. The Hall–Kier alpha value is -3.28. The fraction of sp³-hybridized carbons (Fsp3) is 0.158. The first kappa shape index (κ1) is 16.6. The molecular weight excluding hydrogens is 314 g/mol. The van der Waals surface area contributed by atoms with E-state index in [-0.39, 0.29) is 5.91 Å². The number of carbonyl (C=O) groups is 1. The Morgan fingerprint density at radius 3 is 2.68 bits per heavy atom. The number of nitrogens with one attached hydrogen (secondary N) is 2. The van der Waals surface area contributed by atoms with Crippen molar-refractivity contribution in [3.05, 3.63) is 77.9 Å². The molecule has 2 N–H and O–H groups in total. The van der Waals surface area contributed by atoms with Crippen LogP contribution in [0.1, 0.15) is 28.5 Å². The van der Waals surface area contributed by atoms with E-state index in [4.69, 9.17) is 0 Å². The first-order chi connectivity index (χ1) is 12.3. The zero-order valence-electron chi connectivity index (χ0n) is 13.9. The molecule has 0 saturated heterocycles. The van der Waals surface area contributed by atoms with Crippen LogP contribution in [0.3, 0.4) is 0 Å². The molecule has 0 saturated carbocycles. The van der Waals surface area contributed by atoms with E-state index in [0.29, 0.717) is 23.7 Å². The number of hydrogen-bond donors (Lipinski definition) is 2. The van der Waals surface area contributed by atoms with E-state index in [1.165, 1.54) is 0 Å². The SMILES string of the molecule is CCc1cccc(NC(=O)c2cccnc2NCc2ccncc2)n1. The van der Waals surface area contributed by atoms with Crippen molar-refractivity contribution >= 4 is 17.5 Å². The molecule has 25 heavy (non-hydrogen) atoms. The van der Waals surface area contributed by atoms with Gasteiger partial charge in [-0.25, -0.2) is 9.97 Å². The lowest BCUT2D eigenvalue weighted by molar-refractivity contribution is 0.102. The van der Waals surface area contributed by atoms with Crippen LogP contribution in [0.5, 0.6) is 0 Å². The molecular formula is C19H19N5O. The highest BCUT2D eigenvalue weighted by atomic mass is 16.1. The second-order valence-electron chi connectivity index (χ2n) is 5.43. The van der Waals surface area contributed by atoms with E-state index in [0.717, 1.165) is 17.7 Å². The molecule has 0 atom stereocenters. The van der Waals surface area contributed by atoms with E-state index in [1.54, 1.807) is 36.8 Å². The Bertz CT molecular complexity index is 851. The Morgan fingerprint density at radius 1 is 1.04 bits per heavy atom. The van der Waals surface area contributed by atoms with Crippen molar-refractivity contribution in [3.63, 3.8) is 0 Å². The number of pyridine rings is 3. The number of anilines is 2. The van der Waals surface area contributed by atoms with Gasteiger partial charge in [0, 0.05) is 30.8 Å². The fourth-order valence-corrected chi connectivity index (χ4v) is 2.35. The molecule has 0 aliphatic heterocycles. The monoisotopic (exact) mass is 333 g/mol. The third-order valence-corrected chi connectivity index (χ3v) is 3.67. The second kappa shape index (κ2) is 8.01. The lowest BCUT2D eigenvalue weighted by atomic mass is 10.2. The maximum atomic E-state index is 12.6. The second-order valence-corrected chi connectivity index (χ2v) is 5.43. The molecule has 3 rings (SSSR count). The summed E-state index contributed by atoms with van der Waals surface area (Å²) in [6, 6.07) is 12.9. The molecule has 0 fully saturated rings. The van der Waals surface area contributed by atoms with Crippen molar-refractivity contribution in [3.8, 4) is 0 Å². The first-order valence-corrected chi connectivity index (χ1v) is 8.11. The number of aromatic nitrogens is 3. The van der Waals surface area contributed by atoms with Crippen LogP contribution in [0.25, 0.3) is 0 Å². The topological polar surface area (TPSA) is 79.8 Å². The van der Waals surface area contributed by atoms with E-state index >= 15 is 0 Å². The molecule has 3 heterocycles. The van der Waals surface area contributed by atoms with Crippen LogP contribution >= 0.6 is 0 Å². The summed E-state index contributed by atoms with van der Waals surface area (Å²) >= 11 is 0. The smallest absolute Gasteiger partial charge is 0.260 e. The van der Waals surface area contributed by atoms with Crippen LogP contribution in [0.4, 0.5) is 11.6 Å². The van der Waals surface area contributed by atoms with Gasteiger partial charge in [0.15, 0.2) is 0 Å². The number of rotatable bonds is 6. The lowest BCUT2D eigenvalue weighted by Gasteiger charge is -2.11. The third kappa shape index (κ3) is 4.38. The van der Waals surface area contributed by atoms with Gasteiger partial charge in [0.2, 0.25) is 0 Å². The van der Waals surface area contributed by atoms with Crippen molar-refractivity contribution in [2.45, 2.75) is 19.9 Å². The van der Waals surface area contributed by atoms with Crippen molar-refractivity contribution in [2.75, 3.05) is 10.6 Å². The van der Waals surface area contributed by atoms with Gasteiger partial charge in [0.05, 0.1) is 5.56 Å². The summed E-state index contributed by atoms with van der Waals surface area (Å²) in [6.07, 6.45) is 5.93. The molecule has 0 unspecified atom stereocenters. The largest absolute Gasteiger partial charge is 0.365 e. The van der Waals surface area contributed by atoms with Gasteiger partial charge in [0.25, 0.3) is 5.91 Å². The predicted octanol–water partition coefficient (Wildman–Crippen LogP) is 3.30. The summed E-state index contributed by atoms with van der Waals surface area (Å²) in [4.78, 5) is 25.3. The van der Waals surface area contributed by atoms with Crippen molar-refractivity contribution in [1.82, 2.24) is 15.0 Å². The van der Waals surface area contributed by atoms with Crippen molar-refractivity contribution < 1.29 is 4.79 Å². The molecule has 3 aromatic rings. The quantitative estimate of drug-likeness (QED) is 0.723. The molecule has 1 amide bonds. The summed E-state index contributed by atoms with van der Waals surface area (Å²) in [5.74, 6) is 0.822. The van der Waals surface area contributed by atoms with Crippen LogP contribution in [0.2, 0.25) is 0 Å². The van der Waals surface area contributed by atoms with Gasteiger partial charge in [-0.15, -0.1) is 0 Å². The average molecular weight is 333 g/mol. The van der Waals surface area contributed by atoms with Gasteiger partial charge in [-0.2, -0.15) is 0 Å². The number of amides is 1. The van der Waals surface area contributed by atoms with Crippen LogP contribution in [0, 0.1) is 0 Å². The van der Waals surface area contributed by atoms with Crippen LogP contribution in [0.15, 0.2) is 61.1 Å². The summed E-state index contributed by atoms with van der Waals surface area (Å²) in [6.45, 7) is 2.58. The maximum absolute atomic E-state index is 12.6. The Kier molecular flexibility index (Phi) is 5.31. The molecule has 0 aliphatic rings. The Labute approximate surface area is 146 Å². The summed E-state index contributed by atoms with van der Waals surface area (Å²) in [7, 11) is 0. The highest BCUT2D eigenvalue weighted by molar-refractivity contribution is 6.07. The first-order valence-electron chi connectivity index (χ1n) is 8.11. The highest BCUT2D eigenvalue weighted by Crippen LogP contribution is 2.15. The van der Waals surface area contributed by atoms with Gasteiger partial charge in [-0.1, -0.05) is 13.0 Å². The number of aryl methyl sites for hydroxylation is 1. The highest BCUT2D eigenvalue weighted by Gasteiger charge is 2.13. The molecule has 0 bridgehead atoms. The van der Waals surface area contributed by atoms with E-state index in [1.807, 2.05) is 31.2 Å². The minimum absolute atomic E-state index is 0.244. The van der Waals surface area contributed by atoms with Crippen LogP contribution in [-0.2, 0) is 13.0 Å². The molecule has 0 aromatic carbocycles. The molecule has 6 heteroatoms. The van der Waals surface area contributed by atoms with Gasteiger partial charge in [-0.05, 0) is 48.4 Å². The zero-order valence-corrected chi connectivity index (χ0v) is 13.9. The van der Waals surface area contributed by atoms with Crippen LogP contribution < -0.4 is 10.6 Å². The molecule has 0 radical (unpaired) electrons. The van der Waals surface area contributed by atoms with Crippen molar-refractivity contribution in [2.24, 2.45) is 0 Å². The molecule has 6 nitrogen and oxygen atoms in total. The maximum Gasteiger partial charge on any atom is 0.260 e. The van der Waals surface area contributed by atoms with Gasteiger partial charge < -0.3 is 10.6 Å². The van der Waals surface area contributed by atoms with Crippen LogP contribution in [-0.4, -0.2) is 20.9 Å². The predicted molar refractivity (Wildman–Crippen MR) is 97.4 cm³/mol. The minimum atomic E-state index is -0.244. The Balaban J connectivity index is 1.74. The Morgan fingerprint density at radius 2 is 1.88 bits per heavy atom. The summed E-state index contributed by atoms with van der Waals surface area (Å²) in [5, 5.41) is 6.03. The lowest BCUT2D eigenvalue weighted by Crippen LogP contribution is -2.16. The number of hydrogen-bond acceptors (Lipinski definition) is 5. The number of nitrogens with zero attached hydrogens (tertiary/aromatic N) is 3. The molecule has 3 aromatic heterocycles. The summed E-state index contributed by atoms with van der Waals surface area (Å²) < 4.78 is 0.